The van der Waals surface area contributed by atoms with E-state index in [1.807, 2.05) is 33.0 Å². The van der Waals surface area contributed by atoms with E-state index in [2.05, 4.69) is 25.9 Å². The Balaban J connectivity index is 1.47. The monoisotopic (exact) mass is 388 g/mol. The SMILES string of the molecule is CC[C@H](C)NC(=O)O[C@@H]1CC[C@H](c2cc(NC(=O)Cc3ccn(C)n3)n[nH]2)C1. The lowest BCUT2D eigenvalue weighted by molar-refractivity contribution is -0.115. The lowest BCUT2D eigenvalue weighted by Gasteiger charge is -2.16. The normalized spacial score (nSPS) is 20.0. The minimum absolute atomic E-state index is 0.0976. The fraction of sp³-hybridized carbons (Fsp3) is 0.579. The molecule has 1 fully saturated rings. The number of nitrogens with one attached hydrogen (secondary N) is 3. The van der Waals surface area contributed by atoms with Crippen LogP contribution in [-0.2, 0) is 23.0 Å². The molecule has 0 saturated heterocycles. The summed E-state index contributed by atoms with van der Waals surface area (Å²) in [5.41, 5.74) is 1.66. The van der Waals surface area contributed by atoms with Crippen molar-refractivity contribution in [2.45, 2.75) is 64.0 Å². The van der Waals surface area contributed by atoms with Gasteiger partial charge in [0.15, 0.2) is 5.82 Å². The molecule has 0 spiro atoms. The highest BCUT2D eigenvalue weighted by molar-refractivity contribution is 5.91. The number of rotatable bonds is 7. The van der Waals surface area contributed by atoms with Crippen LogP contribution >= 0.6 is 0 Å². The third-order valence-electron chi connectivity index (χ3n) is 5.05. The number of amides is 2. The molecule has 28 heavy (non-hydrogen) atoms. The topological polar surface area (TPSA) is 114 Å². The number of aromatic nitrogens is 4. The van der Waals surface area contributed by atoms with Gasteiger partial charge in [0.25, 0.3) is 0 Å². The van der Waals surface area contributed by atoms with E-state index in [-0.39, 0.29) is 36.5 Å². The molecule has 0 aromatic carbocycles. The Bertz CT molecular complexity index is 814. The summed E-state index contributed by atoms with van der Waals surface area (Å²) in [5.74, 6) is 0.566. The van der Waals surface area contributed by atoms with Crippen molar-refractivity contribution in [2.24, 2.45) is 7.05 Å². The first-order valence-electron chi connectivity index (χ1n) is 9.73. The molecule has 152 valence electrons. The summed E-state index contributed by atoms with van der Waals surface area (Å²) < 4.78 is 7.18. The molecule has 3 rings (SSSR count). The van der Waals surface area contributed by atoms with Gasteiger partial charge in [0.2, 0.25) is 5.91 Å². The average molecular weight is 388 g/mol. The first-order chi connectivity index (χ1) is 13.4. The van der Waals surface area contributed by atoms with Gasteiger partial charge >= 0.3 is 6.09 Å². The molecule has 3 N–H and O–H groups in total. The van der Waals surface area contributed by atoms with Crippen LogP contribution in [0.4, 0.5) is 10.6 Å². The summed E-state index contributed by atoms with van der Waals surface area (Å²) in [6.45, 7) is 3.97. The Morgan fingerprint density at radius 3 is 2.96 bits per heavy atom. The van der Waals surface area contributed by atoms with E-state index in [1.165, 1.54) is 0 Å². The summed E-state index contributed by atoms with van der Waals surface area (Å²) in [7, 11) is 1.81. The van der Waals surface area contributed by atoms with Crippen molar-refractivity contribution in [1.29, 1.82) is 0 Å². The molecular formula is C19H28N6O3. The first kappa shape index (κ1) is 19.9. The number of nitrogens with zero attached hydrogens (tertiary/aromatic N) is 3. The van der Waals surface area contributed by atoms with Gasteiger partial charge in [0, 0.05) is 37.0 Å². The first-order valence-corrected chi connectivity index (χ1v) is 9.73. The van der Waals surface area contributed by atoms with Crippen LogP contribution in [-0.4, -0.2) is 44.1 Å². The van der Waals surface area contributed by atoms with Gasteiger partial charge < -0.3 is 15.4 Å². The van der Waals surface area contributed by atoms with Crippen LogP contribution in [0.3, 0.4) is 0 Å². The lowest BCUT2D eigenvalue weighted by atomic mass is 10.0. The van der Waals surface area contributed by atoms with Crippen LogP contribution in [0.1, 0.15) is 56.8 Å². The Labute approximate surface area is 164 Å². The molecule has 0 bridgehead atoms. The molecule has 9 heteroatoms. The van der Waals surface area contributed by atoms with Gasteiger partial charge in [-0.15, -0.1) is 0 Å². The highest BCUT2D eigenvalue weighted by Crippen LogP contribution is 2.35. The van der Waals surface area contributed by atoms with E-state index in [0.29, 0.717) is 11.5 Å². The standard InChI is InChI=1S/C19H28N6O3/c1-4-12(2)20-19(27)28-15-6-5-13(9-15)16-11-17(23-22-16)21-18(26)10-14-7-8-25(3)24-14/h7-8,11-13,15H,4-6,9-10H2,1-3H3,(H,20,27)(H2,21,22,23,26)/t12-,13-,15+/m0/s1. The second kappa shape index (κ2) is 8.90. The second-order valence-corrected chi connectivity index (χ2v) is 7.41. The van der Waals surface area contributed by atoms with Crippen molar-refractivity contribution in [2.75, 3.05) is 5.32 Å². The Hall–Kier alpha value is -2.84. The smallest absolute Gasteiger partial charge is 0.407 e. The number of anilines is 1. The molecule has 1 saturated carbocycles. The van der Waals surface area contributed by atoms with Gasteiger partial charge in [-0.2, -0.15) is 10.2 Å². The van der Waals surface area contributed by atoms with Gasteiger partial charge in [0.05, 0.1) is 12.1 Å². The molecule has 2 aromatic heterocycles. The van der Waals surface area contributed by atoms with Crippen LogP contribution in [0.15, 0.2) is 18.3 Å². The Morgan fingerprint density at radius 1 is 1.43 bits per heavy atom. The minimum atomic E-state index is -0.355. The predicted molar refractivity (Wildman–Crippen MR) is 104 cm³/mol. The predicted octanol–water partition coefficient (Wildman–Crippen LogP) is 2.49. The summed E-state index contributed by atoms with van der Waals surface area (Å²) >= 11 is 0. The Morgan fingerprint density at radius 2 is 2.25 bits per heavy atom. The molecule has 3 atom stereocenters. The van der Waals surface area contributed by atoms with Gasteiger partial charge in [-0.3, -0.25) is 14.6 Å². The molecule has 0 aliphatic heterocycles. The van der Waals surface area contributed by atoms with Gasteiger partial charge in [-0.05, 0) is 38.7 Å². The van der Waals surface area contributed by atoms with E-state index < -0.39 is 0 Å². The maximum atomic E-state index is 12.1. The average Bonchev–Trinajstić information content (AvgIpc) is 3.36. The highest BCUT2D eigenvalue weighted by atomic mass is 16.6. The second-order valence-electron chi connectivity index (χ2n) is 7.41. The number of H-pyrrole nitrogens is 1. The molecule has 2 heterocycles. The van der Waals surface area contributed by atoms with E-state index in [0.717, 1.165) is 31.4 Å². The zero-order valence-corrected chi connectivity index (χ0v) is 16.6. The van der Waals surface area contributed by atoms with E-state index >= 15 is 0 Å². The number of hydrogen-bond donors (Lipinski definition) is 3. The van der Waals surface area contributed by atoms with Crippen LogP contribution in [0.5, 0.6) is 0 Å². The highest BCUT2D eigenvalue weighted by Gasteiger charge is 2.30. The minimum Gasteiger partial charge on any atom is -0.446 e. The molecule has 2 aromatic rings. The van der Waals surface area contributed by atoms with Crippen molar-refractivity contribution >= 4 is 17.8 Å². The van der Waals surface area contributed by atoms with Crippen LogP contribution < -0.4 is 10.6 Å². The van der Waals surface area contributed by atoms with E-state index in [1.54, 1.807) is 10.9 Å². The number of alkyl carbamates (subject to hydrolysis) is 1. The third-order valence-corrected chi connectivity index (χ3v) is 5.05. The summed E-state index contributed by atoms with van der Waals surface area (Å²) in [4.78, 5) is 24.0. The molecule has 0 radical (unpaired) electrons. The largest absolute Gasteiger partial charge is 0.446 e. The molecule has 9 nitrogen and oxygen atoms in total. The fourth-order valence-electron chi connectivity index (χ4n) is 3.34. The number of carbonyl (C=O) groups excluding carboxylic acids is 2. The van der Waals surface area contributed by atoms with Crippen LogP contribution in [0.25, 0.3) is 0 Å². The number of hydrogen-bond acceptors (Lipinski definition) is 5. The van der Waals surface area contributed by atoms with Crippen molar-refractivity contribution in [1.82, 2.24) is 25.3 Å². The van der Waals surface area contributed by atoms with Gasteiger partial charge in [-0.1, -0.05) is 6.92 Å². The molecule has 2 amide bonds. The number of ether oxygens (including phenoxy) is 1. The van der Waals surface area contributed by atoms with Crippen LogP contribution in [0, 0.1) is 0 Å². The zero-order valence-electron chi connectivity index (χ0n) is 16.6. The van der Waals surface area contributed by atoms with Crippen LogP contribution in [0.2, 0.25) is 0 Å². The van der Waals surface area contributed by atoms with Gasteiger partial charge in [-0.25, -0.2) is 4.79 Å². The van der Waals surface area contributed by atoms with E-state index in [9.17, 15) is 9.59 Å². The maximum absolute atomic E-state index is 12.1. The number of carbonyl (C=O) groups is 2. The third kappa shape index (κ3) is 5.34. The number of aryl methyl sites for hydroxylation is 1. The molecule has 1 aliphatic rings. The van der Waals surface area contributed by atoms with Crippen molar-refractivity contribution in [3.8, 4) is 0 Å². The molecule has 0 unspecified atom stereocenters. The fourth-order valence-corrected chi connectivity index (χ4v) is 3.34. The summed E-state index contributed by atoms with van der Waals surface area (Å²) in [6, 6.07) is 3.77. The zero-order chi connectivity index (χ0) is 20.1. The molecule has 1 aliphatic carbocycles. The lowest BCUT2D eigenvalue weighted by Crippen LogP contribution is -2.34. The van der Waals surface area contributed by atoms with Crippen molar-refractivity contribution < 1.29 is 14.3 Å². The van der Waals surface area contributed by atoms with Crippen molar-refractivity contribution in [3.05, 3.63) is 29.7 Å². The summed E-state index contributed by atoms with van der Waals surface area (Å²) in [6.07, 6.45) is 4.89. The number of aromatic amines is 1. The summed E-state index contributed by atoms with van der Waals surface area (Å²) in [5, 5.41) is 17.0. The van der Waals surface area contributed by atoms with E-state index in [4.69, 9.17) is 4.74 Å². The van der Waals surface area contributed by atoms with Crippen molar-refractivity contribution in [3.63, 3.8) is 0 Å². The maximum Gasteiger partial charge on any atom is 0.407 e. The van der Waals surface area contributed by atoms with Gasteiger partial charge in [0.1, 0.15) is 6.10 Å². The quantitative estimate of drug-likeness (QED) is 0.674. The Kier molecular flexibility index (Phi) is 6.33. The molecular weight excluding hydrogens is 360 g/mol.